The summed E-state index contributed by atoms with van der Waals surface area (Å²) in [5, 5.41) is 6.43. The number of benzene rings is 3. The number of imidazole rings is 1. The zero-order valence-electron chi connectivity index (χ0n) is 19.1. The van der Waals surface area contributed by atoms with E-state index in [-0.39, 0.29) is 5.75 Å². The molecule has 0 atom stereocenters. The van der Waals surface area contributed by atoms with Crippen LogP contribution in [0.2, 0.25) is 0 Å². The number of hydrogen-bond donors (Lipinski definition) is 1. The molecule has 0 fully saturated rings. The van der Waals surface area contributed by atoms with E-state index in [1.165, 1.54) is 30.5 Å². The third kappa shape index (κ3) is 5.60. The zero-order valence-corrected chi connectivity index (χ0v) is 19.1. The molecule has 1 heterocycles. The van der Waals surface area contributed by atoms with Gasteiger partial charge in [-0.25, -0.2) is 9.78 Å². The summed E-state index contributed by atoms with van der Waals surface area (Å²) < 4.78 is 42.9. The topological polar surface area (TPSA) is 77.7 Å². The minimum absolute atomic E-state index is 0.305. The number of fused-ring (bicyclic) bond motifs is 1. The van der Waals surface area contributed by atoms with Crippen LogP contribution in [0.15, 0.2) is 65.8 Å². The number of aromatic nitrogens is 2. The second kappa shape index (κ2) is 9.49. The lowest BCUT2D eigenvalue weighted by Gasteiger charge is -2.09. The van der Waals surface area contributed by atoms with Crippen molar-refractivity contribution in [1.29, 1.82) is 0 Å². The van der Waals surface area contributed by atoms with Crippen LogP contribution in [0.3, 0.4) is 0 Å². The number of oxime groups is 1. The Morgan fingerprint density at radius 2 is 1.74 bits per heavy atom. The van der Waals surface area contributed by atoms with E-state index in [0.717, 1.165) is 16.6 Å². The minimum atomic E-state index is -4.75. The molecule has 35 heavy (non-hydrogen) atoms. The number of aryl methyl sites for hydroxylation is 3. The summed E-state index contributed by atoms with van der Waals surface area (Å²) in [6, 6.07) is 16.5. The normalized spacial score (nSPS) is 11.7. The number of anilines is 1. The number of halogens is 3. The van der Waals surface area contributed by atoms with Gasteiger partial charge in [0.2, 0.25) is 0 Å². The third-order valence-corrected chi connectivity index (χ3v) is 5.30. The van der Waals surface area contributed by atoms with Gasteiger partial charge in [0.05, 0.1) is 17.2 Å². The molecule has 7 nitrogen and oxygen atoms in total. The number of amides is 1. The molecule has 0 unspecified atom stereocenters. The summed E-state index contributed by atoms with van der Waals surface area (Å²) in [5.41, 5.74) is 5.21. The third-order valence-electron chi connectivity index (χ3n) is 5.30. The molecule has 0 bridgehead atoms. The van der Waals surface area contributed by atoms with E-state index in [9.17, 15) is 18.0 Å². The van der Waals surface area contributed by atoms with Crippen molar-refractivity contribution in [2.24, 2.45) is 12.2 Å². The van der Waals surface area contributed by atoms with Gasteiger partial charge in [0.25, 0.3) is 0 Å². The van der Waals surface area contributed by atoms with Crippen LogP contribution in [0.25, 0.3) is 22.4 Å². The van der Waals surface area contributed by atoms with Crippen LogP contribution in [0.5, 0.6) is 5.75 Å². The average Bonchev–Trinajstić information content (AvgIpc) is 3.12. The molecule has 0 aliphatic carbocycles. The number of alkyl halides is 3. The lowest BCUT2D eigenvalue weighted by atomic mass is 10.1. The summed E-state index contributed by atoms with van der Waals surface area (Å²) in [6.07, 6.45) is -4.07. The number of carbonyl (C=O) groups is 1. The highest BCUT2D eigenvalue weighted by Gasteiger charge is 2.31. The van der Waals surface area contributed by atoms with Crippen LogP contribution >= 0.6 is 0 Å². The Labute approximate surface area is 198 Å². The Balaban J connectivity index is 1.47. The van der Waals surface area contributed by atoms with Crippen LogP contribution in [0, 0.1) is 13.8 Å². The van der Waals surface area contributed by atoms with Gasteiger partial charge in [-0.1, -0.05) is 29.4 Å². The molecular weight excluding hydrogens is 461 g/mol. The van der Waals surface area contributed by atoms with Crippen LogP contribution in [-0.4, -0.2) is 28.2 Å². The number of hydrogen-bond acceptors (Lipinski definition) is 5. The molecule has 0 aliphatic heterocycles. The Bertz CT molecular complexity index is 1390. The molecule has 180 valence electrons. The summed E-state index contributed by atoms with van der Waals surface area (Å²) in [6.45, 7) is 3.76. The Hall–Kier alpha value is -4.34. The smallest absolute Gasteiger partial charge is 0.406 e. The molecule has 0 saturated heterocycles. The van der Waals surface area contributed by atoms with Gasteiger partial charge in [-0.3, -0.25) is 10.2 Å². The summed E-state index contributed by atoms with van der Waals surface area (Å²) in [4.78, 5) is 21.6. The fourth-order valence-electron chi connectivity index (χ4n) is 3.63. The molecule has 4 aromatic rings. The molecule has 1 N–H and O–H groups in total. The molecule has 1 amide bonds. The second-order valence-corrected chi connectivity index (χ2v) is 7.82. The first kappa shape index (κ1) is 23.8. The summed E-state index contributed by atoms with van der Waals surface area (Å²) in [5.74, 6) is 0.261. The van der Waals surface area contributed by atoms with Crippen LogP contribution in [0.4, 0.5) is 23.7 Å². The maximum absolute atomic E-state index is 12.4. The van der Waals surface area contributed by atoms with Crippen molar-refractivity contribution in [1.82, 2.24) is 9.55 Å². The van der Waals surface area contributed by atoms with Crippen LogP contribution < -0.4 is 10.1 Å². The Morgan fingerprint density at radius 1 is 1.06 bits per heavy atom. The van der Waals surface area contributed by atoms with Gasteiger partial charge in [0.1, 0.15) is 11.6 Å². The molecule has 4 rings (SSSR count). The Morgan fingerprint density at radius 3 is 2.40 bits per heavy atom. The van der Waals surface area contributed by atoms with Gasteiger partial charge < -0.3 is 9.30 Å². The fraction of sp³-hybridized carbons (Fsp3) is 0.160. The van der Waals surface area contributed by atoms with E-state index in [4.69, 9.17) is 4.84 Å². The van der Waals surface area contributed by atoms with Crippen molar-refractivity contribution in [2.75, 3.05) is 5.32 Å². The summed E-state index contributed by atoms with van der Waals surface area (Å²) in [7, 11) is 1.81. The number of nitrogens with zero attached hydrogens (tertiary/aromatic N) is 3. The van der Waals surface area contributed by atoms with E-state index in [1.54, 1.807) is 19.2 Å². The maximum Gasteiger partial charge on any atom is 0.573 e. The van der Waals surface area contributed by atoms with Gasteiger partial charge >= 0.3 is 12.5 Å². The predicted molar refractivity (Wildman–Crippen MR) is 126 cm³/mol. The molecule has 10 heteroatoms. The first-order valence-corrected chi connectivity index (χ1v) is 10.5. The number of ether oxygens (including phenoxy) is 1. The van der Waals surface area contributed by atoms with Crippen molar-refractivity contribution in [3.8, 4) is 17.1 Å². The van der Waals surface area contributed by atoms with Crippen molar-refractivity contribution in [3.05, 3.63) is 77.4 Å². The van der Waals surface area contributed by atoms with Crippen molar-refractivity contribution >= 4 is 29.0 Å². The second-order valence-electron chi connectivity index (χ2n) is 7.82. The predicted octanol–water partition coefficient (Wildman–Crippen LogP) is 6.34. The fourth-order valence-corrected chi connectivity index (χ4v) is 3.63. The van der Waals surface area contributed by atoms with Crippen molar-refractivity contribution in [2.45, 2.75) is 20.2 Å². The highest BCUT2D eigenvalue weighted by atomic mass is 19.4. The molecular formula is C25H21F3N4O3. The molecule has 1 aromatic heterocycles. The maximum atomic E-state index is 12.4. The monoisotopic (exact) mass is 482 g/mol. The minimum Gasteiger partial charge on any atom is -0.406 e. The van der Waals surface area contributed by atoms with E-state index in [1.807, 2.05) is 42.7 Å². The van der Waals surface area contributed by atoms with Crippen LogP contribution in [-0.2, 0) is 11.9 Å². The SMILES string of the molecule is Cc1cccc(C)c1NC(=O)O/N=C/c1ccc2c(c1)nc(-c1ccc(OC(F)(F)F)cc1)n2C. The molecule has 0 spiro atoms. The summed E-state index contributed by atoms with van der Waals surface area (Å²) >= 11 is 0. The molecule has 3 aromatic carbocycles. The van der Waals surface area contributed by atoms with E-state index >= 15 is 0 Å². The first-order valence-electron chi connectivity index (χ1n) is 10.5. The Kier molecular flexibility index (Phi) is 6.46. The first-order chi connectivity index (χ1) is 16.6. The zero-order chi connectivity index (χ0) is 25.2. The van der Waals surface area contributed by atoms with Gasteiger partial charge in [-0.05, 0) is 66.9 Å². The van der Waals surface area contributed by atoms with Gasteiger partial charge in [0.15, 0.2) is 0 Å². The quantitative estimate of drug-likeness (QED) is 0.205. The lowest BCUT2D eigenvalue weighted by Crippen LogP contribution is -2.16. The van der Waals surface area contributed by atoms with E-state index < -0.39 is 12.5 Å². The highest BCUT2D eigenvalue weighted by Crippen LogP contribution is 2.28. The van der Waals surface area contributed by atoms with Gasteiger partial charge in [-0.15, -0.1) is 13.2 Å². The molecule has 0 aliphatic rings. The number of para-hydroxylation sites is 1. The van der Waals surface area contributed by atoms with E-state index in [2.05, 4.69) is 20.2 Å². The number of carbonyl (C=O) groups excluding carboxylic acids is 1. The average molecular weight is 482 g/mol. The largest absolute Gasteiger partial charge is 0.573 e. The lowest BCUT2D eigenvalue weighted by molar-refractivity contribution is -0.274. The molecule has 0 saturated carbocycles. The molecule has 0 radical (unpaired) electrons. The number of rotatable bonds is 5. The van der Waals surface area contributed by atoms with Gasteiger partial charge in [0, 0.05) is 18.3 Å². The number of nitrogens with one attached hydrogen (secondary N) is 1. The van der Waals surface area contributed by atoms with Gasteiger partial charge in [-0.2, -0.15) is 0 Å². The van der Waals surface area contributed by atoms with Crippen molar-refractivity contribution < 1.29 is 27.5 Å². The standard InChI is InChI=1S/C25H21F3N4O3/c1-15-5-4-6-16(2)22(15)31-24(33)35-29-14-17-7-12-21-20(13-17)30-23(32(21)3)18-8-10-19(11-9-18)34-25(26,27)28/h4-14H,1-3H3,(H,31,33)/b29-14+. The highest BCUT2D eigenvalue weighted by molar-refractivity contribution is 5.90. The van der Waals surface area contributed by atoms with Crippen LogP contribution in [0.1, 0.15) is 16.7 Å². The van der Waals surface area contributed by atoms with E-state index in [0.29, 0.717) is 28.2 Å². The van der Waals surface area contributed by atoms with Crippen molar-refractivity contribution in [3.63, 3.8) is 0 Å².